The minimum atomic E-state index is -2.90. The molecule has 1 rings (SSSR count). The minimum Gasteiger partial charge on any atom is -0.346 e. The molecule has 0 aromatic carbocycles. The summed E-state index contributed by atoms with van der Waals surface area (Å²) >= 11 is 10.9. The van der Waals surface area contributed by atoms with E-state index in [1.807, 2.05) is 0 Å². The fraction of sp³-hybridized carbons (Fsp3) is 0.571. The third-order valence-corrected chi connectivity index (χ3v) is 2.02. The van der Waals surface area contributed by atoms with Gasteiger partial charge in [0.15, 0.2) is 0 Å². The largest absolute Gasteiger partial charge is 0.346 e. The van der Waals surface area contributed by atoms with Crippen LogP contribution in [0.5, 0.6) is 0 Å². The van der Waals surface area contributed by atoms with Crippen molar-refractivity contribution >= 4 is 29.2 Å². The Morgan fingerprint density at radius 1 is 1.20 bits per heavy atom. The molecule has 1 atom stereocenters. The van der Waals surface area contributed by atoms with E-state index < -0.39 is 12.0 Å². The average Bonchev–Trinajstić information content (AvgIpc) is 1.99. The predicted molar refractivity (Wildman–Crippen MR) is 53.6 cm³/mol. The molecule has 1 aromatic rings. The van der Waals surface area contributed by atoms with Gasteiger partial charge in [-0.15, -0.1) is 0 Å². The topological polar surface area (TPSA) is 50.7 Å². The molecule has 1 aromatic heterocycles. The van der Waals surface area contributed by atoms with Crippen molar-refractivity contribution in [3.05, 3.63) is 10.6 Å². The molecule has 0 aliphatic heterocycles. The van der Waals surface area contributed by atoms with E-state index >= 15 is 0 Å². The van der Waals surface area contributed by atoms with Gasteiger partial charge in [0.25, 0.3) is 5.92 Å². The Kier molecular flexibility index (Phi) is 3.62. The highest BCUT2D eigenvalue weighted by atomic mass is 35.5. The van der Waals surface area contributed by atoms with Crippen molar-refractivity contribution in [3.63, 3.8) is 0 Å². The van der Waals surface area contributed by atoms with Crippen LogP contribution in [0.4, 0.5) is 14.7 Å². The zero-order chi connectivity index (χ0) is 11.6. The summed E-state index contributed by atoms with van der Waals surface area (Å²) in [6.07, 6.45) is 0. The van der Waals surface area contributed by atoms with Crippen molar-refractivity contribution in [1.82, 2.24) is 15.0 Å². The molecule has 8 heteroatoms. The van der Waals surface area contributed by atoms with Crippen LogP contribution in [0.2, 0.25) is 10.6 Å². The lowest BCUT2D eigenvalue weighted by molar-refractivity contribution is 0.00676. The molecule has 1 heterocycles. The van der Waals surface area contributed by atoms with Crippen LogP contribution in [-0.2, 0) is 0 Å². The Hall–Kier alpha value is -0.750. The summed E-state index contributed by atoms with van der Waals surface area (Å²) in [5.41, 5.74) is 0. The van der Waals surface area contributed by atoms with E-state index in [-0.39, 0.29) is 16.5 Å². The molecule has 0 fully saturated rings. The van der Waals surface area contributed by atoms with Crippen LogP contribution in [0, 0.1) is 0 Å². The summed E-state index contributed by atoms with van der Waals surface area (Å²) in [6.45, 7) is 2.08. The van der Waals surface area contributed by atoms with E-state index in [0.29, 0.717) is 0 Å². The quantitative estimate of drug-likeness (QED) is 0.904. The molecule has 0 aliphatic carbocycles. The van der Waals surface area contributed by atoms with E-state index in [1.54, 1.807) is 0 Å². The number of hydrogen-bond acceptors (Lipinski definition) is 4. The first kappa shape index (κ1) is 12.3. The molecule has 0 amide bonds. The highest BCUT2D eigenvalue weighted by Crippen LogP contribution is 2.20. The number of nitrogens with one attached hydrogen (secondary N) is 1. The predicted octanol–water partition coefficient (Wildman–Crippen LogP) is 2.63. The summed E-state index contributed by atoms with van der Waals surface area (Å²) in [7, 11) is 0. The summed E-state index contributed by atoms with van der Waals surface area (Å²) in [4.78, 5) is 10.7. The number of anilines is 1. The van der Waals surface area contributed by atoms with Crippen LogP contribution in [0.1, 0.15) is 13.8 Å². The van der Waals surface area contributed by atoms with Crippen molar-refractivity contribution in [2.45, 2.75) is 25.8 Å². The number of alkyl halides is 2. The third-order valence-electron chi connectivity index (χ3n) is 1.69. The summed E-state index contributed by atoms with van der Waals surface area (Å²) in [5, 5.41) is 2.08. The second kappa shape index (κ2) is 4.40. The molecule has 0 aliphatic rings. The van der Waals surface area contributed by atoms with E-state index in [9.17, 15) is 8.78 Å². The first-order valence-electron chi connectivity index (χ1n) is 4.00. The Morgan fingerprint density at radius 2 is 1.67 bits per heavy atom. The van der Waals surface area contributed by atoms with Gasteiger partial charge < -0.3 is 5.32 Å². The molecule has 4 nitrogen and oxygen atoms in total. The number of aromatic nitrogens is 3. The van der Waals surface area contributed by atoms with Crippen LogP contribution in [0.15, 0.2) is 0 Å². The fourth-order valence-corrected chi connectivity index (χ4v) is 1.07. The molecule has 0 spiro atoms. The van der Waals surface area contributed by atoms with E-state index in [4.69, 9.17) is 23.2 Å². The van der Waals surface area contributed by atoms with E-state index in [1.165, 1.54) is 6.92 Å². The fourth-order valence-electron chi connectivity index (χ4n) is 0.711. The first-order valence-corrected chi connectivity index (χ1v) is 4.76. The van der Waals surface area contributed by atoms with Gasteiger partial charge >= 0.3 is 0 Å². The Balaban J connectivity index is 2.81. The van der Waals surface area contributed by atoms with Gasteiger partial charge in [-0.1, -0.05) is 0 Å². The molecular formula is C7H8Cl2F2N4. The van der Waals surface area contributed by atoms with Gasteiger partial charge in [-0.3, -0.25) is 0 Å². The molecule has 0 bridgehead atoms. The second-order valence-electron chi connectivity index (χ2n) is 3.02. The zero-order valence-electron chi connectivity index (χ0n) is 7.93. The monoisotopic (exact) mass is 256 g/mol. The maximum absolute atomic E-state index is 12.8. The minimum absolute atomic E-state index is 0.0750. The van der Waals surface area contributed by atoms with Crippen LogP contribution in [-0.4, -0.2) is 26.9 Å². The van der Waals surface area contributed by atoms with Crippen LogP contribution < -0.4 is 5.32 Å². The summed E-state index contributed by atoms with van der Waals surface area (Å²) in [5.74, 6) is -2.97. The highest BCUT2D eigenvalue weighted by Gasteiger charge is 2.30. The van der Waals surface area contributed by atoms with Crippen LogP contribution >= 0.6 is 23.2 Å². The van der Waals surface area contributed by atoms with E-state index in [0.717, 1.165) is 6.92 Å². The van der Waals surface area contributed by atoms with Crippen LogP contribution in [0.3, 0.4) is 0 Å². The van der Waals surface area contributed by atoms with Crippen molar-refractivity contribution in [3.8, 4) is 0 Å². The number of halogens is 4. The number of nitrogens with zero attached hydrogens (tertiary/aromatic N) is 3. The second-order valence-corrected chi connectivity index (χ2v) is 3.70. The van der Waals surface area contributed by atoms with Gasteiger partial charge in [0.05, 0.1) is 6.04 Å². The highest BCUT2D eigenvalue weighted by molar-refractivity contribution is 6.31. The van der Waals surface area contributed by atoms with Gasteiger partial charge in [0, 0.05) is 6.92 Å². The van der Waals surface area contributed by atoms with Crippen molar-refractivity contribution in [2.24, 2.45) is 0 Å². The van der Waals surface area contributed by atoms with Crippen molar-refractivity contribution in [1.29, 1.82) is 0 Å². The van der Waals surface area contributed by atoms with Gasteiger partial charge in [-0.05, 0) is 30.1 Å². The summed E-state index contributed by atoms with van der Waals surface area (Å²) in [6, 6.07) is -1.13. The smallest absolute Gasteiger partial charge is 0.264 e. The Morgan fingerprint density at radius 3 is 2.07 bits per heavy atom. The van der Waals surface area contributed by atoms with Crippen molar-refractivity contribution < 1.29 is 8.78 Å². The van der Waals surface area contributed by atoms with Gasteiger partial charge in [-0.2, -0.15) is 15.0 Å². The van der Waals surface area contributed by atoms with E-state index in [2.05, 4.69) is 20.3 Å². The maximum Gasteiger partial charge on any atom is 0.264 e. The maximum atomic E-state index is 12.8. The molecular weight excluding hydrogens is 249 g/mol. The molecule has 84 valence electrons. The zero-order valence-corrected chi connectivity index (χ0v) is 9.44. The van der Waals surface area contributed by atoms with Gasteiger partial charge in [0.1, 0.15) is 0 Å². The lowest BCUT2D eigenvalue weighted by atomic mass is 10.2. The average molecular weight is 257 g/mol. The third kappa shape index (κ3) is 3.71. The number of rotatable bonds is 3. The van der Waals surface area contributed by atoms with Gasteiger partial charge in [0.2, 0.25) is 16.5 Å². The Bertz CT molecular complexity index is 335. The Labute approximate surface area is 95.0 Å². The SMILES string of the molecule is CC(Nc1nc(Cl)nc(Cl)n1)C(C)(F)F. The molecule has 1 N–H and O–H groups in total. The van der Waals surface area contributed by atoms with Crippen LogP contribution in [0.25, 0.3) is 0 Å². The normalized spacial score (nSPS) is 13.7. The standard InChI is InChI=1S/C7H8Cl2F2N4/c1-3(7(2,10)11)12-6-14-4(8)13-5(9)15-6/h3H,1-2H3,(H,12,13,14,15). The molecule has 15 heavy (non-hydrogen) atoms. The molecule has 0 saturated heterocycles. The lowest BCUT2D eigenvalue weighted by Gasteiger charge is -2.20. The summed E-state index contributed by atoms with van der Waals surface area (Å²) < 4.78 is 25.6. The van der Waals surface area contributed by atoms with Gasteiger partial charge in [-0.25, -0.2) is 8.78 Å². The van der Waals surface area contributed by atoms with Crippen molar-refractivity contribution in [2.75, 3.05) is 5.32 Å². The lowest BCUT2D eigenvalue weighted by Crippen LogP contribution is -2.35. The number of hydrogen-bond donors (Lipinski definition) is 1. The molecule has 1 unspecified atom stereocenters. The first-order chi connectivity index (χ1) is 6.79. The molecule has 0 radical (unpaired) electrons. The molecule has 0 saturated carbocycles.